The molecule has 0 saturated carbocycles. The van der Waals surface area contributed by atoms with Crippen molar-refractivity contribution in [2.45, 2.75) is 25.1 Å². The highest BCUT2D eigenvalue weighted by Crippen LogP contribution is 2.30. The maximum absolute atomic E-state index is 12.5. The van der Waals surface area contributed by atoms with Crippen molar-refractivity contribution < 1.29 is 9.21 Å². The Labute approximate surface area is 139 Å². The van der Waals surface area contributed by atoms with Crippen molar-refractivity contribution in [2.24, 2.45) is 10.2 Å². The molecule has 23 heavy (non-hydrogen) atoms. The first-order chi connectivity index (χ1) is 11.3. The Morgan fingerprint density at radius 3 is 2.78 bits per heavy atom. The van der Waals surface area contributed by atoms with Gasteiger partial charge in [0.25, 0.3) is 0 Å². The minimum Gasteiger partial charge on any atom is -0.463 e. The molecule has 1 fully saturated rings. The maximum Gasteiger partial charge on any atom is 0.242 e. The van der Waals surface area contributed by atoms with Gasteiger partial charge >= 0.3 is 0 Å². The predicted molar refractivity (Wildman–Crippen MR) is 92.4 cm³/mol. The van der Waals surface area contributed by atoms with E-state index in [0.29, 0.717) is 17.5 Å². The molecule has 0 N–H and O–H groups in total. The Morgan fingerprint density at radius 2 is 2.09 bits per heavy atom. The first-order valence-electron chi connectivity index (χ1n) is 7.44. The van der Waals surface area contributed by atoms with E-state index in [-0.39, 0.29) is 11.2 Å². The van der Waals surface area contributed by atoms with E-state index < -0.39 is 0 Å². The van der Waals surface area contributed by atoms with E-state index in [0.717, 1.165) is 12.0 Å². The summed E-state index contributed by atoms with van der Waals surface area (Å²) in [6.07, 6.45) is 3.89. The molecule has 0 radical (unpaired) electrons. The van der Waals surface area contributed by atoms with Crippen molar-refractivity contribution in [3.8, 4) is 0 Å². The predicted octanol–water partition coefficient (Wildman–Crippen LogP) is 3.52. The number of hydrogen-bond donors (Lipinski definition) is 0. The minimum atomic E-state index is -0.0868. The number of amides is 1. The highest BCUT2D eigenvalue weighted by molar-refractivity contribution is 8.15. The molecular weight excluding hydrogens is 310 g/mol. The highest BCUT2D eigenvalue weighted by Gasteiger charge is 2.36. The molecule has 0 bridgehead atoms. The van der Waals surface area contributed by atoms with Gasteiger partial charge < -0.3 is 4.42 Å². The second-order valence-electron chi connectivity index (χ2n) is 5.07. The SMILES string of the molecule is CCC1S/C(=N\N=C\c2ccco2)N(Cc2ccccc2)C1=O. The zero-order valence-electron chi connectivity index (χ0n) is 12.8. The summed E-state index contributed by atoms with van der Waals surface area (Å²) in [4.78, 5) is 14.2. The lowest BCUT2D eigenvalue weighted by Crippen LogP contribution is -2.31. The van der Waals surface area contributed by atoms with Crippen molar-refractivity contribution in [2.75, 3.05) is 0 Å². The van der Waals surface area contributed by atoms with Gasteiger partial charge in [-0.3, -0.25) is 9.69 Å². The molecule has 1 aliphatic heterocycles. The summed E-state index contributed by atoms with van der Waals surface area (Å²) in [5.41, 5.74) is 1.07. The number of thioether (sulfide) groups is 1. The first kappa shape index (κ1) is 15.6. The summed E-state index contributed by atoms with van der Waals surface area (Å²) in [6.45, 7) is 2.52. The van der Waals surface area contributed by atoms with Crippen LogP contribution < -0.4 is 0 Å². The van der Waals surface area contributed by atoms with Gasteiger partial charge in [0, 0.05) is 0 Å². The number of benzene rings is 1. The summed E-state index contributed by atoms with van der Waals surface area (Å²) in [7, 11) is 0. The highest BCUT2D eigenvalue weighted by atomic mass is 32.2. The molecular formula is C17H17N3O2S. The average Bonchev–Trinajstić information content (AvgIpc) is 3.19. The lowest BCUT2D eigenvalue weighted by atomic mass is 10.2. The van der Waals surface area contributed by atoms with E-state index in [1.165, 1.54) is 18.0 Å². The molecule has 0 aliphatic carbocycles. The van der Waals surface area contributed by atoms with Gasteiger partial charge in [-0.2, -0.15) is 5.10 Å². The summed E-state index contributed by atoms with van der Waals surface area (Å²) < 4.78 is 5.18. The monoisotopic (exact) mass is 327 g/mol. The van der Waals surface area contributed by atoms with E-state index in [9.17, 15) is 4.79 Å². The molecule has 1 atom stereocenters. The van der Waals surface area contributed by atoms with Crippen LogP contribution in [0.1, 0.15) is 24.7 Å². The minimum absolute atomic E-state index is 0.0868. The van der Waals surface area contributed by atoms with Gasteiger partial charge in [0.1, 0.15) is 5.76 Å². The fourth-order valence-corrected chi connectivity index (χ4v) is 3.28. The molecule has 118 valence electrons. The molecule has 1 amide bonds. The summed E-state index contributed by atoms with van der Waals surface area (Å²) >= 11 is 1.47. The van der Waals surface area contributed by atoms with Crippen molar-refractivity contribution in [3.63, 3.8) is 0 Å². The molecule has 3 rings (SSSR count). The van der Waals surface area contributed by atoms with Gasteiger partial charge in [-0.25, -0.2) is 0 Å². The van der Waals surface area contributed by atoms with Crippen LogP contribution in [0.2, 0.25) is 0 Å². The Morgan fingerprint density at radius 1 is 1.26 bits per heavy atom. The Kier molecular flexibility index (Phi) is 4.92. The molecule has 2 aromatic rings. The Balaban J connectivity index is 1.79. The lowest BCUT2D eigenvalue weighted by molar-refractivity contribution is -0.126. The Hall–Kier alpha value is -2.34. The zero-order valence-corrected chi connectivity index (χ0v) is 13.6. The lowest BCUT2D eigenvalue weighted by Gasteiger charge is -2.15. The average molecular weight is 327 g/mol. The van der Waals surface area contributed by atoms with Crippen LogP contribution in [-0.2, 0) is 11.3 Å². The smallest absolute Gasteiger partial charge is 0.242 e. The molecule has 6 heteroatoms. The number of furan rings is 1. The van der Waals surface area contributed by atoms with Crippen molar-refractivity contribution in [3.05, 3.63) is 60.1 Å². The van der Waals surface area contributed by atoms with Gasteiger partial charge in [0.2, 0.25) is 5.91 Å². The summed E-state index contributed by atoms with van der Waals surface area (Å²) in [5.74, 6) is 0.721. The second kappa shape index (κ2) is 7.28. The van der Waals surface area contributed by atoms with Crippen molar-refractivity contribution >= 4 is 29.1 Å². The maximum atomic E-state index is 12.5. The van der Waals surface area contributed by atoms with Gasteiger partial charge in [-0.1, -0.05) is 49.0 Å². The van der Waals surface area contributed by atoms with Gasteiger partial charge in [-0.05, 0) is 24.1 Å². The first-order valence-corrected chi connectivity index (χ1v) is 8.32. The van der Waals surface area contributed by atoms with E-state index in [4.69, 9.17) is 4.42 Å². The topological polar surface area (TPSA) is 58.2 Å². The number of nitrogens with zero attached hydrogens (tertiary/aromatic N) is 3. The fraction of sp³-hybridized carbons (Fsp3) is 0.235. The quantitative estimate of drug-likeness (QED) is 0.623. The van der Waals surface area contributed by atoms with Crippen LogP contribution in [0.15, 0.2) is 63.3 Å². The van der Waals surface area contributed by atoms with Gasteiger partial charge in [0.05, 0.1) is 24.3 Å². The number of rotatable bonds is 5. The normalized spacial score (nSPS) is 20.0. The van der Waals surface area contributed by atoms with Crippen LogP contribution in [-0.4, -0.2) is 27.4 Å². The second-order valence-corrected chi connectivity index (χ2v) is 6.24. The largest absolute Gasteiger partial charge is 0.463 e. The molecule has 1 saturated heterocycles. The molecule has 1 unspecified atom stereocenters. The molecule has 1 aromatic carbocycles. The van der Waals surface area contributed by atoms with Crippen LogP contribution >= 0.6 is 11.8 Å². The third-order valence-electron chi connectivity index (χ3n) is 3.45. The number of carbonyl (C=O) groups excluding carboxylic acids is 1. The van der Waals surface area contributed by atoms with E-state index >= 15 is 0 Å². The van der Waals surface area contributed by atoms with Crippen molar-refractivity contribution in [1.29, 1.82) is 0 Å². The molecule has 1 aromatic heterocycles. The van der Waals surface area contributed by atoms with E-state index in [1.807, 2.05) is 37.3 Å². The molecule has 2 heterocycles. The van der Waals surface area contributed by atoms with Crippen LogP contribution in [0.4, 0.5) is 0 Å². The third-order valence-corrected chi connectivity index (χ3v) is 4.78. The van der Waals surface area contributed by atoms with Gasteiger partial charge in [-0.15, -0.1) is 5.10 Å². The number of amidine groups is 1. The molecule has 0 spiro atoms. The standard InChI is InChI=1S/C17H17N3O2S/c1-2-15-16(21)20(12-13-7-4-3-5-8-13)17(23-15)19-18-11-14-9-6-10-22-14/h3-11,15H,2,12H2,1H3/b18-11+,19-17-. The zero-order chi connectivity index (χ0) is 16.1. The van der Waals surface area contributed by atoms with Crippen LogP contribution in [0.25, 0.3) is 0 Å². The van der Waals surface area contributed by atoms with Crippen molar-refractivity contribution in [1.82, 2.24) is 4.90 Å². The van der Waals surface area contributed by atoms with Crippen LogP contribution in [0.5, 0.6) is 0 Å². The molecule has 1 aliphatic rings. The molecule has 5 nitrogen and oxygen atoms in total. The number of hydrogen-bond acceptors (Lipinski definition) is 5. The van der Waals surface area contributed by atoms with Crippen LogP contribution in [0, 0.1) is 0 Å². The fourth-order valence-electron chi connectivity index (χ4n) is 2.26. The Bertz CT molecular complexity index is 711. The number of carbonyl (C=O) groups is 1. The van der Waals surface area contributed by atoms with Gasteiger partial charge in [0.15, 0.2) is 5.17 Å². The third kappa shape index (κ3) is 3.71. The van der Waals surface area contributed by atoms with E-state index in [1.54, 1.807) is 23.3 Å². The van der Waals surface area contributed by atoms with E-state index in [2.05, 4.69) is 10.2 Å². The summed E-state index contributed by atoms with van der Waals surface area (Å²) in [6, 6.07) is 13.5. The van der Waals surface area contributed by atoms with Crippen LogP contribution in [0.3, 0.4) is 0 Å². The summed E-state index contributed by atoms with van der Waals surface area (Å²) in [5, 5.41) is 8.81.